The van der Waals surface area contributed by atoms with Crippen molar-refractivity contribution >= 4 is 22.8 Å². The van der Waals surface area contributed by atoms with Crippen LogP contribution in [0, 0.1) is 0 Å². The third-order valence-corrected chi connectivity index (χ3v) is 4.96. The lowest BCUT2D eigenvalue weighted by Gasteiger charge is -2.37. The minimum absolute atomic E-state index is 0.0737. The highest BCUT2D eigenvalue weighted by Gasteiger charge is 2.29. The van der Waals surface area contributed by atoms with Crippen LogP contribution >= 0.6 is 0 Å². The number of piperidine rings is 1. The quantitative estimate of drug-likeness (QED) is 0.759. The molecule has 1 saturated heterocycles. The molecule has 0 spiro atoms. The van der Waals surface area contributed by atoms with Crippen molar-refractivity contribution in [2.75, 3.05) is 18.5 Å². The number of aromatic nitrogens is 5. The fraction of sp³-hybridized carbons (Fsp3) is 0.412. The van der Waals surface area contributed by atoms with E-state index >= 15 is 0 Å². The molecule has 2 N–H and O–H groups in total. The Balaban J connectivity index is 1.77. The monoisotopic (exact) mass is 339 g/mol. The normalized spacial score (nSPS) is 17.8. The minimum atomic E-state index is -0.0737. The predicted molar refractivity (Wildman–Crippen MR) is 94.4 cm³/mol. The summed E-state index contributed by atoms with van der Waals surface area (Å²) < 4.78 is 1.98. The van der Waals surface area contributed by atoms with Crippen molar-refractivity contribution < 1.29 is 4.79 Å². The fourth-order valence-electron chi connectivity index (χ4n) is 3.69. The second-order valence-electron chi connectivity index (χ2n) is 6.32. The summed E-state index contributed by atoms with van der Waals surface area (Å²) in [6.45, 7) is 0.919. The topological polar surface area (TPSA) is 91.7 Å². The zero-order chi connectivity index (χ0) is 17.4. The minimum Gasteiger partial charge on any atom is -0.354 e. The largest absolute Gasteiger partial charge is 0.354 e. The van der Waals surface area contributed by atoms with Crippen LogP contribution in [0.5, 0.6) is 0 Å². The summed E-state index contributed by atoms with van der Waals surface area (Å²) in [6.07, 6.45) is 6.64. The molecule has 4 rings (SSSR count). The van der Waals surface area contributed by atoms with Gasteiger partial charge in [-0.2, -0.15) is 5.10 Å². The predicted octanol–water partition coefficient (Wildman–Crippen LogP) is 1.78. The molecule has 0 saturated carbocycles. The van der Waals surface area contributed by atoms with Gasteiger partial charge in [-0.05, 0) is 31.4 Å². The fourth-order valence-corrected chi connectivity index (χ4v) is 3.69. The molecule has 1 fully saturated rings. The standard InChI is InChI=1S/C17H21N7O/c1-18-17(25)14-7-6-12(23(14)2)13-5-3-4-8-24(13)16-11-9-21-22-15(11)19-10-20-16/h6-7,9-10,13H,3-5,8H2,1-2H3,(H,18,25)(H,19,20,21,22)/t13-/m1/s1. The highest BCUT2D eigenvalue weighted by atomic mass is 16.1. The molecule has 1 amide bonds. The average Bonchev–Trinajstić information content (AvgIpc) is 3.27. The Morgan fingerprint density at radius 1 is 1.32 bits per heavy atom. The molecule has 25 heavy (non-hydrogen) atoms. The smallest absolute Gasteiger partial charge is 0.267 e. The van der Waals surface area contributed by atoms with Gasteiger partial charge in [-0.25, -0.2) is 9.97 Å². The van der Waals surface area contributed by atoms with E-state index in [-0.39, 0.29) is 11.9 Å². The maximum atomic E-state index is 12.0. The summed E-state index contributed by atoms with van der Waals surface area (Å²) >= 11 is 0. The molecule has 1 aliphatic heterocycles. The number of nitrogens with one attached hydrogen (secondary N) is 2. The van der Waals surface area contributed by atoms with E-state index in [1.54, 1.807) is 19.6 Å². The van der Waals surface area contributed by atoms with Gasteiger partial charge in [0.25, 0.3) is 5.91 Å². The number of anilines is 1. The summed E-state index contributed by atoms with van der Waals surface area (Å²) in [6, 6.07) is 4.10. The van der Waals surface area contributed by atoms with Crippen molar-refractivity contribution in [3.05, 3.63) is 36.0 Å². The van der Waals surface area contributed by atoms with E-state index in [0.717, 1.165) is 48.4 Å². The third-order valence-electron chi connectivity index (χ3n) is 4.96. The van der Waals surface area contributed by atoms with Gasteiger partial charge in [0.2, 0.25) is 0 Å². The summed E-state index contributed by atoms with van der Waals surface area (Å²) in [5.41, 5.74) is 2.53. The van der Waals surface area contributed by atoms with Gasteiger partial charge < -0.3 is 14.8 Å². The Labute approximate surface area is 145 Å². The average molecular weight is 339 g/mol. The van der Waals surface area contributed by atoms with Crippen LogP contribution in [-0.2, 0) is 7.05 Å². The van der Waals surface area contributed by atoms with Crippen molar-refractivity contribution in [1.29, 1.82) is 0 Å². The Morgan fingerprint density at radius 2 is 2.20 bits per heavy atom. The summed E-state index contributed by atoms with van der Waals surface area (Å²) in [4.78, 5) is 23.1. The number of rotatable bonds is 3. The maximum absolute atomic E-state index is 12.0. The number of carbonyl (C=O) groups is 1. The first-order valence-corrected chi connectivity index (χ1v) is 8.49. The first-order chi connectivity index (χ1) is 12.2. The van der Waals surface area contributed by atoms with Gasteiger partial charge >= 0.3 is 0 Å². The van der Waals surface area contributed by atoms with Crippen LogP contribution in [0.4, 0.5) is 5.82 Å². The second kappa shape index (κ2) is 6.19. The van der Waals surface area contributed by atoms with Gasteiger partial charge in [0.05, 0.1) is 17.6 Å². The van der Waals surface area contributed by atoms with E-state index in [1.165, 1.54) is 0 Å². The second-order valence-corrected chi connectivity index (χ2v) is 6.32. The number of carbonyl (C=O) groups excluding carboxylic acids is 1. The summed E-state index contributed by atoms with van der Waals surface area (Å²) in [5.74, 6) is 0.821. The van der Waals surface area contributed by atoms with Gasteiger partial charge in [-0.15, -0.1) is 0 Å². The molecule has 130 valence electrons. The number of hydrogen-bond donors (Lipinski definition) is 2. The zero-order valence-corrected chi connectivity index (χ0v) is 14.4. The van der Waals surface area contributed by atoms with Crippen molar-refractivity contribution in [1.82, 2.24) is 30.0 Å². The van der Waals surface area contributed by atoms with E-state index in [0.29, 0.717) is 5.69 Å². The molecular formula is C17H21N7O. The lowest BCUT2D eigenvalue weighted by Crippen LogP contribution is -2.35. The molecule has 3 aromatic heterocycles. The number of hydrogen-bond acceptors (Lipinski definition) is 5. The Bertz CT molecular complexity index is 913. The summed E-state index contributed by atoms with van der Waals surface area (Å²) in [7, 11) is 3.60. The highest BCUT2D eigenvalue weighted by molar-refractivity contribution is 5.92. The van der Waals surface area contributed by atoms with E-state index in [1.807, 2.05) is 23.7 Å². The first kappa shape index (κ1) is 15.6. The van der Waals surface area contributed by atoms with Crippen molar-refractivity contribution in [2.45, 2.75) is 25.3 Å². The maximum Gasteiger partial charge on any atom is 0.267 e. The number of amides is 1. The van der Waals surface area contributed by atoms with Crippen LogP contribution < -0.4 is 10.2 Å². The molecule has 0 bridgehead atoms. The van der Waals surface area contributed by atoms with Gasteiger partial charge in [0.1, 0.15) is 17.8 Å². The molecule has 1 atom stereocenters. The molecule has 8 nitrogen and oxygen atoms in total. The van der Waals surface area contributed by atoms with Gasteiger partial charge in [0.15, 0.2) is 5.65 Å². The Morgan fingerprint density at radius 3 is 3.04 bits per heavy atom. The lowest BCUT2D eigenvalue weighted by atomic mass is 9.99. The molecule has 0 unspecified atom stereocenters. The van der Waals surface area contributed by atoms with Crippen LogP contribution in [0.3, 0.4) is 0 Å². The molecule has 0 aromatic carbocycles. The van der Waals surface area contributed by atoms with Crippen molar-refractivity contribution in [3.8, 4) is 0 Å². The molecule has 1 aliphatic rings. The molecule has 0 aliphatic carbocycles. The highest BCUT2D eigenvalue weighted by Crippen LogP contribution is 2.36. The molecule has 0 radical (unpaired) electrons. The molecule has 8 heteroatoms. The molecular weight excluding hydrogens is 318 g/mol. The first-order valence-electron chi connectivity index (χ1n) is 8.49. The Hall–Kier alpha value is -2.90. The molecule has 3 aromatic rings. The third kappa shape index (κ3) is 2.54. The van der Waals surface area contributed by atoms with Crippen LogP contribution in [0.2, 0.25) is 0 Å². The van der Waals surface area contributed by atoms with E-state index in [2.05, 4.69) is 30.4 Å². The van der Waals surface area contributed by atoms with Crippen LogP contribution in [0.15, 0.2) is 24.7 Å². The van der Waals surface area contributed by atoms with Crippen molar-refractivity contribution in [2.24, 2.45) is 7.05 Å². The lowest BCUT2D eigenvalue weighted by molar-refractivity contribution is 0.0954. The number of aromatic amines is 1. The number of H-pyrrole nitrogens is 1. The van der Waals surface area contributed by atoms with Gasteiger partial charge in [-0.1, -0.05) is 0 Å². The van der Waals surface area contributed by atoms with Crippen LogP contribution in [0.1, 0.15) is 41.5 Å². The molecule has 4 heterocycles. The van der Waals surface area contributed by atoms with E-state index in [9.17, 15) is 4.79 Å². The van der Waals surface area contributed by atoms with E-state index in [4.69, 9.17) is 0 Å². The van der Waals surface area contributed by atoms with E-state index < -0.39 is 0 Å². The SMILES string of the molecule is CNC(=O)c1ccc([C@H]2CCCCN2c2ncnc3[nH]ncc23)n1C. The van der Waals surface area contributed by atoms with Gasteiger partial charge in [0, 0.05) is 26.3 Å². The van der Waals surface area contributed by atoms with Crippen LogP contribution in [-0.4, -0.2) is 44.2 Å². The Kier molecular flexibility index (Phi) is 3.87. The summed E-state index contributed by atoms with van der Waals surface area (Å²) in [5, 5.41) is 10.6. The van der Waals surface area contributed by atoms with Crippen LogP contribution in [0.25, 0.3) is 11.0 Å². The van der Waals surface area contributed by atoms with Crippen molar-refractivity contribution in [3.63, 3.8) is 0 Å². The zero-order valence-electron chi connectivity index (χ0n) is 14.4. The van der Waals surface area contributed by atoms with Gasteiger partial charge in [-0.3, -0.25) is 9.89 Å². The number of fused-ring (bicyclic) bond motifs is 1. The number of nitrogens with zero attached hydrogens (tertiary/aromatic N) is 5.